The molecular weight excluding hydrogens is 128 g/mol. The van der Waals surface area contributed by atoms with Crippen molar-refractivity contribution in [3.63, 3.8) is 0 Å². The average molecular weight is 136 g/mol. The third-order valence-electron chi connectivity index (χ3n) is 0.894. The van der Waals surface area contributed by atoms with E-state index in [0.717, 1.165) is 0 Å². The Labute approximate surface area is 48.7 Å². The van der Waals surface area contributed by atoms with E-state index in [-0.39, 0.29) is 5.92 Å². The van der Waals surface area contributed by atoms with Crippen LogP contribution in [0.15, 0.2) is 0 Å². The zero-order valence-corrected chi connectivity index (χ0v) is 5.57. The van der Waals surface area contributed by atoms with Gasteiger partial charge in [0.25, 0.3) is 0 Å². The van der Waals surface area contributed by atoms with E-state index in [9.17, 15) is 4.21 Å². The SMILES string of the molecule is CC(C)C1=S(=O)(O)O1. The summed E-state index contributed by atoms with van der Waals surface area (Å²) in [6.07, 6.45) is 0. The molecule has 0 aliphatic carbocycles. The van der Waals surface area contributed by atoms with Crippen LogP contribution in [0.25, 0.3) is 0 Å². The first kappa shape index (κ1) is 6.07. The first-order valence-corrected chi connectivity index (χ1v) is 3.81. The molecule has 0 aromatic heterocycles. The van der Waals surface area contributed by atoms with E-state index in [1.807, 2.05) is 13.8 Å². The van der Waals surface area contributed by atoms with Gasteiger partial charge in [-0.2, -0.15) is 0 Å². The molecule has 1 unspecified atom stereocenters. The predicted octanol–water partition coefficient (Wildman–Crippen LogP) is 0.475. The predicted molar refractivity (Wildman–Crippen MR) is 31.7 cm³/mol. The first-order chi connectivity index (χ1) is 3.54. The summed E-state index contributed by atoms with van der Waals surface area (Å²) < 4.78 is 23.3. The average Bonchev–Trinajstić information content (AvgIpc) is 2.13. The van der Waals surface area contributed by atoms with Crippen molar-refractivity contribution in [2.75, 3.05) is 0 Å². The van der Waals surface area contributed by atoms with Gasteiger partial charge in [0.2, 0.25) is 10.1 Å². The summed E-state index contributed by atoms with van der Waals surface area (Å²) in [4.78, 5) is 0. The summed E-state index contributed by atoms with van der Waals surface area (Å²) in [6, 6.07) is 0. The van der Waals surface area contributed by atoms with Crippen LogP contribution in [-0.2, 0) is 14.3 Å². The van der Waals surface area contributed by atoms with Crippen LogP contribution >= 0.6 is 0 Å². The van der Waals surface area contributed by atoms with Gasteiger partial charge < -0.3 is 0 Å². The lowest BCUT2D eigenvalue weighted by Gasteiger charge is -1.83. The highest BCUT2D eigenvalue weighted by Crippen LogP contribution is 2.18. The molecule has 48 valence electrons. The molecule has 0 spiro atoms. The van der Waals surface area contributed by atoms with Crippen molar-refractivity contribution in [1.29, 1.82) is 0 Å². The largest absolute Gasteiger partial charge is 0.291 e. The van der Waals surface area contributed by atoms with Crippen molar-refractivity contribution in [1.82, 2.24) is 0 Å². The molecule has 0 aromatic rings. The molecule has 0 amide bonds. The topological polar surface area (TPSA) is 49.8 Å². The van der Waals surface area contributed by atoms with E-state index >= 15 is 0 Å². The van der Waals surface area contributed by atoms with E-state index in [1.165, 1.54) is 0 Å². The number of hydrogen-bond acceptors (Lipinski definition) is 2. The Bertz CT molecular complexity index is 209. The summed E-state index contributed by atoms with van der Waals surface area (Å²) in [6.45, 7) is 3.64. The third-order valence-corrected chi connectivity index (χ3v) is 2.21. The molecule has 0 fully saturated rings. The summed E-state index contributed by atoms with van der Waals surface area (Å²) in [5.74, 6) is 0.0764. The van der Waals surface area contributed by atoms with E-state index in [4.69, 9.17) is 4.55 Å². The molecule has 3 nitrogen and oxygen atoms in total. The van der Waals surface area contributed by atoms with E-state index in [0.29, 0.717) is 5.05 Å². The van der Waals surface area contributed by atoms with Crippen molar-refractivity contribution in [3.05, 3.63) is 0 Å². The van der Waals surface area contributed by atoms with Crippen LogP contribution in [0.2, 0.25) is 0 Å². The molecule has 0 aromatic carbocycles. The van der Waals surface area contributed by atoms with Crippen LogP contribution in [0.3, 0.4) is 0 Å². The Morgan fingerprint density at radius 1 is 1.75 bits per heavy atom. The van der Waals surface area contributed by atoms with Gasteiger partial charge in [-0.3, -0.25) is 4.55 Å². The molecule has 1 N–H and O–H groups in total. The molecule has 1 rings (SSSR count). The molecule has 1 aliphatic rings. The van der Waals surface area contributed by atoms with Gasteiger partial charge in [-0.15, -0.1) is 0 Å². The lowest BCUT2D eigenvalue weighted by Crippen LogP contribution is -1.92. The minimum atomic E-state index is -2.89. The molecule has 0 bridgehead atoms. The second-order valence-corrected chi connectivity index (χ2v) is 3.55. The van der Waals surface area contributed by atoms with Crippen molar-refractivity contribution >= 4 is 15.1 Å². The van der Waals surface area contributed by atoms with Gasteiger partial charge in [-0.1, -0.05) is 13.8 Å². The Hall–Kier alpha value is -0.0600. The highest BCUT2D eigenvalue weighted by molar-refractivity contribution is 7.99. The molecular formula is C4H8O3S. The second-order valence-electron chi connectivity index (χ2n) is 2.03. The smallest absolute Gasteiger partial charge is 0.235 e. The fourth-order valence-corrected chi connectivity index (χ4v) is 1.64. The van der Waals surface area contributed by atoms with E-state index in [2.05, 4.69) is 4.18 Å². The molecule has 0 saturated heterocycles. The molecule has 1 atom stereocenters. The molecule has 8 heavy (non-hydrogen) atoms. The second kappa shape index (κ2) is 1.46. The zero-order chi connectivity index (χ0) is 6.36. The highest BCUT2D eigenvalue weighted by atomic mass is 32.3. The summed E-state index contributed by atoms with van der Waals surface area (Å²) in [7, 11) is -2.89. The van der Waals surface area contributed by atoms with Crippen molar-refractivity contribution in [3.8, 4) is 0 Å². The molecule has 1 heterocycles. The molecule has 0 radical (unpaired) electrons. The fraction of sp³-hybridized carbons (Fsp3) is 0.750. The number of hydrogen-bond donors (Lipinski definition) is 1. The minimum absolute atomic E-state index is 0.0764. The van der Waals surface area contributed by atoms with Crippen LogP contribution in [0.4, 0.5) is 0 Å². The lowest BCUT2D eigenvalue weighted by atomic mass is 10.2. The van der Waals surface area contributed by atoms with Crippen LogP contribution in [0, 0.1) is 5.92 Å². The highest BCUT2D eigenvalue weighted by Gasteiger charge is 2.33. The summed E-state index contributed by atoms with van der Waals surface area (Å²) in [5, 5.41) is 0.331. The Morgan fingerprint density at radius 3 is 2.12 bits per heavy atom. The number of rotatable bonds is 1. The van der Waals surface area contributed by atoms with Crippen LogP contribution < -0.4 is 0 Å². The summed E-state index contributed by atoms with van der Waals surface area (Å²) in [5.41, 5.74) is 0. The molecule has 4 heteroatoms. The maximum absolute atomic E-state index is 10.4. The van der Waals surface area contributed by atoms with Gasteiger partial charge >= 0.3 is 0 Å². The Morgan fingerprint density at radius 2 is 2.12 bits per heavy atom. The molecule has 1 aliphatic heterocycles. The lowest BCUT2D eigenvalue weighted by molar-refractivity contribution is 0.488. The maximum atomic E-state index is 10.4. The standard InChI is InChI=1S/C4H8O3S/c1-3(2)4-7-8(4,5)6/h3H,1-2H3,(H,5,6). The summed E-state index contributed by atoms with van der Waals surface area (Å²) >= 11 is 0. The minimum Gasteiger partial charge on any atom is -0.291 e. The van der Waals surface area contributed by atoms with Gasteiger partial charge in [0.1, 0.15) is 0 Å². The van der Waals surface area contributed by atoms with Crippen molar-refractivity contribution in [2.24, 2.45) is 5.92 Å². The quantitative estimate of drug-likeness (QED) is 0.533. The molecule has 0 saturated carbocycles. The first-order valence-electron chi connectivity index (χ1n) is 2.37. The van der Waals surface area contributed by atoms with Crippen LogP contribution in [0.1, 0.15) is 13.8 Å². The Balaban J connectivity index is 2.83. The normalized spacial score (nSPS) is 36.2. The fourth-order valence-electron chi connectivity index (χ4n) is 0.488. The van der Waals surface area contributed by atoms with Crippen molar-refractivity contribution in [2.45, 2.75) is 13.8 Å². The van der Waals surface area contributed by atoms with E-state index in [1.54, 1.807) is 0 Å². The van der Waals surface area contributed by atoms with Gasteiger partial charge in [-0.05, 0) is 0 Å². The Kier molecular flexibility index (Phi) is 1.11. The van der Waals surface area contributed by atoms with E-state index < -0.39 is 10.1 Å². The monoisotopic (exact) mass is 136 g/mol. The van der Waals surface area contributed by atoms with Crippen LogP contribution in [-0.4, -0.2) is 13.8 Å². The van der Waals surface area contributed by atoms with Gasteiger partial charge in [0.15, 0.2) is 5.05 Å². The van der Waals surface area contributed by atoms with Gasteiger partial charge in [0, 0.05) is 5.92 Å². The zero-order valence-electron chi connectivity index (χ0n) is 4.75. The van der Waals surface area contributed by atoms with Crippen LogP contribution in [0.5, 0.6) is 0 Å². The maximum Gasteiger partial charge on any atom is 0.235 e. The third kappa shape index (κ3) is 0.866. The van der Waals surface area contributed by atoms with Gasteiger partial charge in [0.05, 0.1) is 0 Å². The van der Waals surface area contributed by atoms with Gasteiger partial charge in [-0.25, -0.2) is 8.39 Å². The van der Waals surface area contributed by atoms with Crippen molar-refractivity contribution < 1.29 is 12.9 Å².